The van der Waals surface area contributed by atoms with E-state index in [4.69, 9.17) is 15.2 Å². The van der Waals surface area contributed by atoms with Crippen LogP contribution < -0.4 is 10.5 Å². The maximum atomic E-state index is 5.63. The molecule has 18 heavy (non-hydrogen) atoms. The number of anilines is 1. The van der Waals surface area contributed by atoms with E-state index >= 15 is 0 Å². The van der Waals surface area contributed by atoms with Crippen LogP contribution in [0, 0.1) is 0 Å². The molecule has 0 aliphatic rings. The van der Waals surface area contributed by atoms with Crippen molar-refractivity contribution in [1.29, 1.82) is 0 Å². The maximum absolute atomic E-state index is 5.63. The van der Waals surface area contributed by atoms with Crippen molar-refractivity contribution in [3.8, 4) is 5.88 Å². The zero-order valence-corrected chi connectivity index (χ0v) is 10.3. The summed E-state index contributed by atoms with van der Waals surface area (Å²) in [6, 6.07) is 11.4. The fourth-order valence-electron chi connectivity index (χ4n) is 1.61. The molecule has 0 fully saturated rings. The number of nitrogen functional groups attached to an aromatic ring is 1. The van der Waals surface area contributed by atoms with Gasteiger partial charge in [-0.1, -0.05) is 12.1 Å². The maximum Gasteiger partial charge on any atom is 0.218 e. The average Bonchev–Trinajstić information content (AvgIpc) is 2.41. The van der Waals surface area contributed by atoms with Gasteiger partial charge in [0.05, 0.1) is 20.3 Å². The highest BCUT2D eigenvalue weighted by Crippen LogP contribution is 2.15. The first-order chi connectivity index (χ1) is 8.79. The highest BCUT2D eigenvalue weighted by atomic mass is 16.5. The summed E-state index contributed by atoms with van der Waals surface area (Å²) < 4.78 is 10.8. The van der Waals surface area contributed by atoms with Gasteiger partial charge in [0, 0.05) is 17.4 Å². The number of rotatable bonds is 5. The van der Waals surface area contributed by atoms with Gasteiger partial charge in [0.2, 0.25) is 5.88 Å². The van der Waals surface area contributed by atoms with Crippen LogP contribution in [-0.4, -0.2) is 12.1 Å². The molecule has 0 bridgehead atoms. The Morgan fingerprint density at radius 2 is 1.89 bits per heavy atom. The fraction of sp³-hybridized carbons (Fsp3) is 0.214. The summed E-state index contributed by atoms with van der Waals surface area (Å²) in [6.07, 6.45) is 1.70. The zero-order valence-electron chi connectivity index (χ0n) is 10.3. The van der Waals surface area contributed by atoms with Crippen molar-refractivity contribution >= 4 is 5.69 Å². The van der Waals surface area contributed by atoms with Crippen LogP contribution in [0.25, 0.3) is 0 Å². The molecule has 0 saturated heterocycles. The number of hydrogen-bond acceptors (Lipinski definition) is 4. The monoisotopic (exact) mass is 244 g/mol. The van der Waals surface area contributed by atoms with Crippen molar-refractivity contribution in [1.82, 2.24) is 4.98 Å². The number of nitrogens with zero attached hydrogens (tertiary/aromatic N) is 1. The minimum atomic E-state index is 0.474. The molecule has 0 atom stereocenters. The summed E-state index contributed by atoms with van der Waals surface area (Å²) in [5, 5.41) is 0. The Labute approximate surface area is 106 Å². The number of benzene rings is 1. The second kappa shape index (κ2) is 6.02. The molecule has 2 rings (SSSR count). The Balaban J connectivity index is 1.90. The van der Waals surface area contributed by atoms with E-state index in [-0.39, 0.29) is 0 Å². The summed E-state index contributed by atoms with van der Waals surface area (Å²) in [5.41, 5.74) is 8.41. The fourth-order valence-corrected chi connectivity index (χ4v) is 1.61. The molecule has 1 heterocycles. The lowest BCUT2D eigenvalue weighted by atomic mass is 10.2. The van der Waals surface area contributed by atoms with E-state index in [9.17, 15) is 0 Å². The van der Waals surface area contributed by atoms with Gasteiger partial charge in [0.25, 0.3) is 0 Å². The van der Waals surface area contributed by atoms with Gasteiger partial charge in [0.1, 0.15) is 0 Å². The van der Waals surface area contributed by atoms with Gasteiger partial charge in [-0.2, -0.15) is 0 Å². The van der Waals surface area contributed by atoms with E-state index < -0.39 is 0 Å². The standard InChI is InChI=1S/C14H16N2O2/c1-17-14-12(3-2-8-16-14)10-18-9-11-4-6-13(15)7-5-11/h2-8H,9-10,15H2,1H3. The van der Waals surface area contributed by atoms with Crippen molar-refractivity contribution in [2.45, 2.75) is 13.2 Å². The molecule has 4 heteroatoms. The predicted octanol–water partition coefficient (Wildman–Crippen LogP) is 2.39. The Morgan fingerprint density at radius 1 is 1.11 bits per heavy atom. The van der Waals surface area contributed by atoms with E-state index in [0.29, 0.717) is 19.1 Å². The largest absolute Gasteiger partial charge is 0.481 e. The first-order valence-electron chi connectivity index (χ1n) is 5.69. The van der Waals surface area contributed by atoms with Crippen molar-refractivity contribution in [2.24, 2.45) is 0 Å². The number of methoxy groups -OCH3 is 1. The van der Waals surface area contributed by atoms with Gasteiger partial charge in [0.15, 0.2) is 0 Å². The van der Waals surface area contributed by atoms with E-state index in [2.05, 4.69) is 4.98 Å². The highest BCUT2D eigenvalue weighted by Gasteiger charge is 2.03. The van der Waals surface area contributed by atoms with E-state index in [1.165, 1.54) is 0 Å². The van der Waals surface area contributed by atoms with Crippen LogP contribution >= 0.6 is 0 Å². The minimum absolute atomic E-state index is 0.474. The lowest BCUT2D eigenvalue weighted by Gasteiger charge is -2.08. The molecule has 1 aromatic heterocycles. The van der Waals surface area contributed by atoms with Crippen LogP contribution in [0.3, 0.4) is 0 Å². The Hall–Kier alpha value is -2.07. The third kappa shape index (κ3) is 3.21. The van der Waals surface area contributed by atoms with Crippen molar-refractivity contribution < 1.29 is 9.47 Å². The molecule has 0 amide bonds. The number of hydrogen-bond donors (Lipinski definition) is 1. The summed E-state index contributed by atoms with van der Waals surface area (Å²) in [4.78, 5) is 4.12. The molecular formula is C14H16N2O2. The van der Waals surface area contributed by atoms with Crippen LogP contribution in [-0.2, 0) is 18.0 Å². The number of ether oxygens (including phenoxy) is 2. The molecule has 0 aliphatic carbocycles. The molecule has 0 aliphatic heterocycles. The van der Waals surface area contributed by atoms with Crippen molar-refractivity contribution in [3.05, 3.63) is 53.7 Å². The lowest BCUT2D eigenvalue weighted by Crippen LogP contribution is -1.98. The average molecular weight is 244 g/mol. The van der Waals surface area contributed by atoms with Gasteiger partial charge in [-0.05, 0) is 29.8 Å². The van der Waals surface area contributed by atoms with Crippen molar-refractivity contribution in [2.75, 3.05) is 12.8 Å². The smallest absolute Gasteiger partial charge is 0.218 e. The molecule has 0 spiro atoms. The molecule has 94 valence electrons. The predicted molar refractivity (Wildman–Crippen MR) is 70.1 cm³/mol. The van der Waals surface area contributed by atoms with E-state index in [1.807, 2.05) is 36.4 Å². The third-order valence-electron chi connectivity index (χ3n) is 2.55. The van der Waals surface area contributed by atoms with Gasteiger partial charge in [-0.3, -0.25) is 0 Å². The molecule has 4 nitrogen and oxygen atoms in total. The summed E-state index contributed by atoms with van der Waals surface area (Å²) in [6.45, 7) is 1.01. The normalized spacial score (nSPS) is 10.3. The van der Waals surface area contributed by atoms with E-state index in [0.717, 1.165) is 16.8 Å². The zero-order chi connectivity index (χ0) is 12.8. The Morgan fingerprint density at radius 3 is 2.61 bits per heavy atom. The molecule has 2 aromatic rings. The summed E-state index contributed by atoms with van der Waals surface area (Å²) in [5.74, 6) is 0.606. The number of aromatic nitrogens is 1. The minimum Gasteiger partial charge on any atom is -0.481 e. The number of nitrogens with two attached hydrogens (primary N) is 1. The van der Waals surface area contributed by atoms with Crippen molar-refractivity contribution in [3.63, 3.8) is 0 Å². The Kier molecular flexibility index (Phi) is 4.15. The molecule has 0 radical (unpaired) electrons. The number of pyridine rings is 1. The summed E-state index contributed by atoms with van der Waals surface area (Å²) in [7, 11) is 1.60. The quantitative estimate of drug-likeness (QED) is 0.820. The van der Waals surface area contributed by atoms with Crippen LogP contribution in [0.5, 0.6) is 5.88 Å². The molecular weight excluding hydrogens is 228 g/mol. The van der Waals surface area contributed by atoms with Crippen LogP contribution in [0.15, 0.2) is 42.6 Å². The molecule has 2 N–H and O–H groups in total. The first kappa shape index (κ1) is 12.4. The van der Waals surface area contributed by atoms with Crippen LogP contribution in [0.4, 0.5) is 5.69 Å². The third-order valence-corrected chi connectivity index (χ3v) is 2.55. The van der Waals surface area contributed by atoms with Crippen LogP contribution in [0.1, 0.15) is 11.1 Å². The topological polar surface area (TPSA) is 57.4 Å². The summed E-state index contributed by atoms with van der Waals surface area (Å²) >= 11 is 0. The molecule has 0 unspecified atom stereocenters. The Bertz CT molecular complexity index is 497. The van der Waals surface area contributed by atoms with Gasteiger partial charge >= 0.3 is 0 Å². The van der Waals surface area contributed by atoms with Gasteiger partial charge in [-0.15, -0.1) is 0 Å². The van der Waals surface area contributed by atoms with Crippen LogP contribution in [0.2, 0.25) is 0 Å². The second-order valence-electron chi connectivity index (χ2n) is 3.91. The molecule has 0 saturated carbocycles. The SMILES string of the molecule is COc1ncccc1COCc1ccc(N)cc1. The highest BCUT2D eigenvalue weighted by molar-refractivity contribution is 5.39. The first-order valence-corrected chi connectivity index (χ1v) is 5.69. The van der Waals surface area contributed by atoms with Gasteiger partial charge < -0.3 is 15.2 Å². The second-order valence-corrected chi connectivity index (χ2v) is 3.91. The van der Waals surface area contributed by atoms with Gasteiger partial charge in [-0.25, -0.2) is 4.98 Å². The molecule has 1 aromatic carbocycles. The lowest BCUT2D eigenvalue weighted by molar-refractivity contribution is 0.105. The van der Waals surface area contributed by atoms with E-state index in [1.54, 1.807) is 13.3 Å².